The normalized spacial score (nSPS) is 11.2. The van der Waals surface area contributed by atoms with Crippen molar-refractivity contribution >= 4 is 34.2 Å². The van der Waals surface area contributed by atoms with Gasteiger partial charge in [0.25, 0.3) is 0 Å². The largest absolute Gasteiger partial charge is 0.296 e. The molecule has 2 aromatic carbocycles. The number of hydrogen-bond acceptors (Lipinski definition) is 1. The van der Waals surface area contributed by atoms with Gasteiger partial charge in [-0.1, -0.05) is 17.7 Å². The van der Waals surface area contributed by atoms with E-state index >= 15 is 0 Å². The van der Waals surface area contributed by atoms with Gasteiger partial charge in [-0.15, -0.1) is 11.6 Å². The predicted octanol–water partition coefficient (Wildman–Crippen LogP) is 4.91. The number of hydrogen-bond donors (Lipinski definition) is 0. The van der Waals surface area contributed by atoms with E-state index in [-0.39, 0.29) is 5.82 Å². The highest BCUT2D eigenvalue weighted by molar-refractivity contribution is 6.30. The lowest BCUT2D eigenvalue weighted by molar-refractivity contribution is 0.626. The second-order valence-electron chi connectivity index (χ2n) is 4.92. The number of aryl methyl sites for hydroxylation is 2. The Morgan fingerprint density at radius 2 is 2.00 bits per heavy atom. The minimum Gasteiger partial charge on any atom is -0.296 e. The summed E-state index contributed by atoms with van der Waals surface area (Å²) in [6.45, 7) is 2.01. The van der Waals surface area contributed by atoms with Gasteiger partial charge in [-0.05, 0) is 42.8 Å². The van der Waals surface area contributed by atoms with Crippen LogP contribution < -0.4 is 0 Å². The molecule has 0 saturated carbocycles. The topological polar surface area (TPSA) is 17.8 Å². The quantitative estimate of drug-likeness (QED) is 0.626. The van der Waals surface area contributed by atoms with E-state index in [0.717, 1.165) is 22.4 Å². The second-order valence-corrected chi connectivity index (χ2v) is 5.74. The van der Waals surface area contributed by atoms with E-state index in [1.54, 1.807) is 6.07 Å². The third-order valence-corrected chi connectivity index (χ3v) is 3.71. The van der Waals surface area contributed by atoms with E-state index in [0.29, 0.717) is 23.0 Å². The molecule has 0 unspecified atom stereocenters. The standard InChI is InChI=1S/C16H13Cl2FN2/c1-10-2-3-14-15(6-10)21(16(20-14)4-5-17)13-8-11(18)7-12(19)9-13/h2-3,6-9H,4-5H2,1H3. The summed E-state index contributed by atoms with van der Waals surface area (Å²) in [5.74, 6) is 0.877. The number of fused-ring (bicyclic) bond motifs is 1. The van der Waals surface area contributed by atoms with Crippen LogP contribution in [0.25, 0.3) is 16.7 Å². The first-order valence-electron chi connectivity index (χ1n) is 6.59. The Morgan fingerprint density at radius 3 is 2.71 bits per heavy atom. The molecule has 0 radical (unpaired) electrons. The highest BCUT2D eigenvalue weighted by atomic mass is 35.5. The van der Waals surface area contributed by atoms with Crippen molar-refractivity contribution < 1.29 is 4.39 Å². The zero-order valence-electron chi connectivity index (χ0n) is 11.4. The molecular formula is C16H13Cl2FN2. The van der Waals surface area contributed by atoms with Crippen molar-refractivity contribution in [1.29, 1.82) is 0 Å². The van der Waals surface area contributed by atoms with Crippen molar-refractivity contribution in [2.75, 3.05) is 5.88 Å². The summed E-state index contributed by atoms with van der Waals surface area (Å²) < 4.78 is 15.6. The Kier molecular flexibility index (Phi) is 3.87. The lowest BCUT2D eigenvalue weighted by atomic mass is 10.2. The Balaban J connectivity index is 2.32. The number of imidazole rings is 1. The monoisotopic (exact) mass is 322 g/mol. The fourth-order valence-corrected chi connectivity index (χ4v) is 2.83. The molecule has 1 heterocycles. The number of aromatic nitrogens is 2. The molecule has 1 aromatic heterocycles. The van der Waals surface area contributed by atoms with Crippen molar-refractivity contribution in [3.63, 3.8) is 0 Å². The molecule has 3 rings (SSSR count). The van der Waals surface area contributed by atoms with Crippen LogP contribution in [0, 0.1) is 12.7 Å². The summed E-state index contributed by atoms with van der Waals surface area (Å²) >= 11 is 11.8. The summed E-state index contributed by atoms with van der Waals surface area (Å²) in [7, 11) is 0. The molecule has 0 aliphatic heterocycles. The number of benzene rings is 2. The number of halogens is 3. The van der Waals surface area contributed by atoms with Crippen LogP contribution in [0.2, 0.25) is 5.02 Å². The van der Waals surface area contributed by atoms with Gasteiger partial charge in [0.2, 0.25) is 0 Å². The summed E-state index contributed by atoms with van der Waals surface area (Å²) in [6.07, 6.45) is 0.601. The van der Waals surface area contributed by atoms with Crippen molar-refractivity contribution in [2.24, 2.45) is 0 Å². The van der Waals surface area contributed by atoms with E-state index in [1.807, 2.05) is 29.7 Å². The van der Waals surface area contributed by atoms with Crippen LogP contribution in [0.5, 0.6) is 0 Å². The van der Waals surface area contributed by atoms with Gasteiger partial charge >= 0.3 is 0 Å². The summed E-state index contributed by atoms with van der Waals surface area (Å²) in [5.41, 5.74) is 3.56. The average molecular weight is 323 g/mol. The molecule has 0 atom stereocenters. The maximum absolute atomic E-state index is 13.7. The molecule has 0 aliphatic rings. The first-order chi connectivity index (χ1) is 10.1. The van der Waals surface area contributed by atoms with E-state index in [1.165, 1.54) is 12.1 Å². The fourth-order valence-electron chi connectivity index (χ4n) is 2.44. The van der Waals surface area contributed by atoms with Gasteiger partial charge in [0, 0.05) is 17.3 Å². The maximum Gasteiger partial charge on any atom is 0.126 e. The molecule has 21 heavy (non-hydrogen) atoms. The number of alkyl halides is 1. The summed E-state index contributed by atoms with van der Waals surface area (Å²) in [5, 5.41) is 0.358. The van der Waals surface area contributed by atoms with Crippen LogP contribution in [0.4, 0.5) is 4.39 Å². The summed E-state index contributed by atoms with van der Waals surface area (Å²) in [4.78, 5) is 4.59. The van der Waals surface area contributed by atoms with Crippen LogP contribution in [-0.4, -0.2) is 15.4 Å². The van der Waals surface area contributed by atoms with Crippen LogP contribution in [0.3, 0.4) is 0 Å². The molecule has 5 heteroatoms. The van der Waals surface area contributed by atoms with Gasteiger partial charge in [-0.25, -0.2) is 9.37 Å². The minimum atomic E-state index is -0.371. The van der Waals surface area contributed by atoms with Crippen molar-refractivity contribution in [3.8, 4) is 5.69 Å². The van der Waals surface area contributed by atoms with Gasteiger partial charge in [0.05, 0.1) is 16.7 Å². The molecule has 2 nitrogen and oxygen atoms in total. The van der Waals surface area contributed by atoms with Crippen LogP contribution in [-0.2, 0) is 6.42 Å². The number of rotatable bonds is 3. The van der Waals surface area contributed by atoms with E-state index in [4.69, 9.17) is 23.2 Å². The van der Waals surface area contributed by atoms with Gasteiger partial charge in [0.15, 0.2) is 0 Å². The van der Waals surface area contributed by atoms with Crippen LogP contribution >= 0.6 is 23.2 Å². The molecule has 0 aliphatic carbocycles. The van der Waals surface area contributed by atoms with E-state index in [2.05, 4.69) is 4.98 Å². The zero-order chi connectivity index (χ0) is 15.0. The van der Waals surface area contributed by atoms with Crippen molar-refractivity contribution in [1.82, 2.24) is 9.55 Å². The average Bonchev–Trinajstić information content (AvgIpc) is 2.75. The third kappa shape index (κ3) is 2.76. The van der Waals surface area contributed by atoms with Gasteiger partial charge < -0.3 is 0 Å². The third-order valence-electron chi connectivity index (χ3n) is 3.30. The van der Waals surface area contributed by atoms with Gasteiger partial charge in [-0.2, -0.15) is 0 Å². The van der Waals surface area contributed by atoms with E-state index < -0.39 is 0 Å². The SMILES string of the molecule is Cc1ccc2nc(CCCl)n(-c3cc(F)cc(Cl)c3)c2c1. The van der Waals surface area contributed by atoms with Gasteiger partial charge in [0.1, 0.15) is 11.6 Å². The second kappa shape index (κ2) is 5.66. The number of nitrogens with zero attached hydrogens (tertiary/aromatic N) is 2. The predicted molar refractivity (Wildman–Crippen MR) is 85.2 cm³/mol. The lowest BCUT2D eigenvalue weighted by Crippen LogP contribution is -2.02. The molecule has 0 spiro atoms. The van der Waals surface area contributed by atoms with E-state index in [9.17, 15) is 4.39 Å². The molecule has 0 N–H and O–H groups in total. The molecule has 108 valence electrons. The minimum absolute atomic E-state index is 0.358. The molecule has 0 amide bonds. The van der Waals surface area contributed by atoms with Crippen LogP contribution in [0.15, 0.2) is 36.4 Å². The summed E-state index contributed by atoms with van der Waals surface area (Å²) in [6, 6.07) is 10.5. The molecular weight excluding hydrogens is 310 g/mol. The first kappa shape index (κ1) is 14.4. The highest BCUT2D eigenvalue weighted by Gasteiger charge is 2.13. The smallest absolute Gasteiger partial charge is 0.126 e. The lowest BCUT2D eigenvalue weighted by Gasteiger charge is -2.09. The molecule has 3 aromatic rings. The Labute approximate surface area is 132 Å². The van der Waals surface area contributed by atoms with Crippen molar-refractivity contribution in [3.05, 3.63) is 58.6 Å². The van der Waals surface area contributed by atoms with Crippen LogP contribution in [0.1, 0.15) is 11.4 Å². The maximum atomic E-state index is 13.7. The Hall–Kier alpha value is -1.58. The molecule has 0 bridgehead atoms. The zero-order valence-corrected chi connectivity index (χ0v) is 12.9. The van der Waals surface area contributed by atoms with Gasteiger partial charge in [-0.3, -0.25) is 4.57 Å². The Morgan fingerprint density at radius 1 is 1.19 bits per heavy atom. The molecule has 0 saturated heterocycles. The molecule has 0 fully saturated rings. The fraction of sp³-hybridized carbons (Fsp3) is 0.188. The highest BCUT2D eigenvalue weighted by Crippen LogP contribution is 2.26. The van der Waals surface area contributed by atoms with Crippen molar-refractivity contribution in [2.45, 2.75) is 13.3 Å². The first-order valence-corrected chi connectivity index (χ1v) is 7.50. The Bertz CT molecular complexity index is 791.